The van der Waals surface area contributed by atoms with Crippen molar-refractivity contribution in [3.05, 3.63) is 36.5 Å². The lowest BCUT2D eigenvalue weighted by molar-refractivity contribution is -0.132. The van der Waals surface area contributed by atoms with Gasteiger partial charge in [-0.3, -0.25) is 4.79 Å². The minimum Gasteiger partial charge on any atom is -0.394 e. The summed E-state index contributed by atoms with van der Waals surface area (Å²) in [6.45, 7) is 4.08. The topological polar surface area (TPSA) is 110 Å². The molecule has 4 atom stereocenters. The molecule has 0 aromatic rings. The predicted molar refractivity (Wildman–Crippen MR) is 297 cm³/mol. The first-order valence-electron chi connectivity index (χ1n) is 30.4. The molecule has 6 nitrogen and oxygen atoms in total. The van der Waals surface area contributed by atoms with Crippen LogP contribution in [0.4, 0.5) is 0 Å². The Morgan fingerprint density at radius 1 is 0.353 bits per heavy atom. The zero-order chi connectivity index (χ0) is 49.5. The molecule has 402 valence electrons. The van der Waals surface area contributed by atoms with Crippen molar-refractivity contribution in [3.63, 3.8) is 0 Å². The van der Waals surface area contributed by atoms with Crippen molar-refractivity contribution in [2.45, 2.75) is 346 Å². The average Bonchev–Trinajstić information content (AvgIpc) is 3.34. The Hall–Kier alpha value is -1.47. The van der Waals surface area contributed by atoms with Gasteiger partial charge in [-0.05, 0) is 77.0 Å². The summed E-state index contributed by atoms with van der Waals surface area (Å²) in [6.07, 6.45) is 70.9. The van der Waals surface area contributed by atoms with E-state index in [1.54, 1.807) is 0 Å². The Morgan fingerprint density at radius 2 is 0.618 bits per heavy atom. The highest BCUT2D eigenvalue weighted by molar-refractivity contribution is 5.80. The third kappa shape index (κ3) is 49.5. The highest BCUT2D eigenvalue weighted by atomic mass is 16.3. The zero-order valence-corrected chi connectivity index (χ0v) is 45.6. The Labute approximate surface area is 424 Å². The van der Waals surface area contributed by atoms with E-state index in [9.17, 15) is 25.2 Å². The summed E-state index contributed by atoms with van der Waals surface area (Å²) in [5.74, 6) is -0.595. The SMILES string of the molecule is CCCCCCCCCCCCCC/C=C\CCCCCCCCCCCC(O)C(=O)NC(CO)C(O)C(O)CCC/C=C/CC/C=C/CCCCCCCCCCCCCCCCCCCC. The molecule has 0 saturated carbocycles. The van der Waals surface area contributed by atoms with Crippen LogP contribution in [0, 0.1) is 0 Å². The third-order valence-electron chi connectivity index (χ3n) is 14.3. The predicted octanol–water partition coefficient (Wildman–Crippen LogP) is 18.0. The number of unbranched alkanes of at least 4 members (excludes halogenated alkanes) is 41. The number of hydrogen-bond acceptors (Lipinski definition) is 5. The van der Waals surface area contributed by atoms with Crippen molar-refractivity contribution in [1.29, 1.82) is 0 Å². The van der Waals surface area contributed by atoms with Gasteiger partial charge >= 0.3 is 0 Å². The van der Waals surface area contributed by atoms with Gasteiger partial charge in [0.1, 0.15) is 12.2 Å². The van der Waals surface area contributed by atoms with Crippen LogP contribution >= 0.6 is 0 Å². The summed E-state index contributed by atoms with van der Waals surface area (Å²) in [7, 11) is 0. The maximum absolute atomic E-state index is 12.6. The minimum absolute atomic E-state index is 0.358. The first-order chi connectivity index (χ1) is 33.5. The molecule has 0 aromatic carbocycles. The van der Waals surface area contributed by atoms with E-state index in [1.807, 2.05) is 0 Å². The summed E-state index contributed by atoms with van der Waals surface area (Å²) in [4.78, 5) is 12.6. The normalized spacial score (nSPS) is 13.9. The van der Waals surface area contributed by atoms with Crippen LogP contribution in [0.1, 0.15) is 322 Å². The molecule has 0 aliphatic rings. The molecule has 6 heteroatoms. The number of carbonyl (C=O) groups is 1. The number of hydrogen-bond donors (Lipinski definition) is 5. The molecule has 0 rings (SSSR count). The van der Waals surface area contributed by atoms with Gasteiger partial charge < -0.3 is 25.7 Å². The van der Waals surface area contributed by atoms with Gasteiger partial charge in [0.2, 0.25) is 5.91 Å². The van der Waals surface area contributed by atoms with Crippen molar-refractivity contribution >= 4 is 5.91 Å². The van der Waals surface area contributed by atoms with Crippen molar-refractivity contribution < 1.29 is 25.2 Å². The van der Waals surface area contributed by atoms with Gasteiger partial charge in [-0.1, -0.05) is 281 Å². The lowest BCUT2D eigenvalue weighted by Crippen LogP contribution is -2.53. The maximum Gasteiger partial charge on any atom is 0.249 e. The van der Waals surface area contributed by atoms with Crippen LogP contribution in [0.3, 0.4) is 0 Å². The van der Waals surface area contributed by atoms with Crippen LogP contribution < -0.4 is 5.32 Å². The zero-order valence-electron chi connectivity index (χ0n) is 45.6. The van der Waals surface area contributed by atoms with E-state index in [1.165, 1.54) is 250 Å². The first kappa shape index (κ1) is 66.5. The molecule has 0 aliphatic heterocycles. The smallest absolute Gasteiger partial charge is 0.249 e. The van der Waals surface area contributed by atoms with Gasteiger partial charge in [-0.25, -0.2) is 0 Å². The second-order valence-electron chi connectivity index (χ2n) is 21.0. The van der Waals surface area contributed by atoms with Gasteiger partial charge in [-0.2, -0.15) is 0 Å². The van der Waals surface area contributed by atoms with Gasteiger partial charge in [0, 0.05) is 0 Å². The number of amides is 1. The first-order valence-corrected chi connectivity index (χ1v) is 30.4. The van der Waals surface area contributed by atoms with Crippen LogP contribution in [-0.2, 0) is 4.79 Å². The van der Waals surface area contributed by atoms with E-state index in [2.05, 4.69) is 55.6 Å². The van der Waals surface area contributed by atoms with E-state index in [-0.39, 0.29) is 0 Å². The van der Waals surface area contributed by atoms with E-state index >= 15 is 0 Å². The molecule has 0 saturated heterocycles. The van der Waals surface area contributed by atoms with Gasteiger partial charge in [0.25, 0.3) is 0 Å². The molecule has 0 fully saturated rings. The van der Waals surface area contributed by atoms with Crippen molar-refractivity contribution in [2.24, 2.45) is 0 Å². The highest BCUT2D eigenvalue weighted by Gasteiger charge is 2.28. The summed E-state index contributed by atoms with van der Waals surface area (Å²) in [5.41, 5.74) is 0. The van der Waals surface area contributed by atoms with E-state index in [0.717, 1.165) is 38.5 Å². The number of carbonyl (C=O) groups excluding carboxylic acids is 1. The monoisotopic (exact) mass is 958 g/mol. The lowest BCUT2D eigenvalue weighted by Gasteiger charge is -2.27. The molecule has 5 N–H and O–H groups in total. The number of allylic oxidation sites excluding steroid dienone is 6. The van der Waals surface area contributed by atoms with E-state index < -0.39 is 36.9 Å². The molecule has 1 amide bonds. The molecule has 0 radical (unpaired) electrons. The van der Waals surface area contributed by atoms with Gasteiger partial charge in [0.15, 0.2) is 0 Å². The third-order valence-corrected chi connectivity index (χ3v) is 14.3. The average molecular weight is 959 g/mol. The standard InChI is InChI=1S/C62H119NO5/c1-3-5-7-9-11-13-15-17-19-21-23-25-27-29-30-32-33-35-37-39-41-43-45-47-49-51-53-55-59(65)61(67)58(57-64)63-62(68)60(66)56-54-52-50-48-46-44-42-40-38-36-34-31-28-26-24-22-20-18-16-14-12-10-8-6-4-2/h31,34,39,41,47,49,58-61,64-67H,3-30,32-33,35-38,40,42-46,48,50-57H2,1-2H3,(H,63,68)/b34-31-,41-39+,49-47+. The molecule has 68 heavy (non-hydrogen) atoms. The van der Waals surface area contributed by atoms with Crippen LogP contribution in [-0.4, -0.2) is 57.3 Å². The van der Waals surface area contributed by atoms with Crippen molar-refractivity contribution in [2.75, 3.05) is 6.61 Å². The number of aliphatic hydroxyl groups excluding tert-OH is 4. The molecule has 0 aromatic heterocycles. The Bertz CT molecular complexity index is 1080. The molecular formula is C62H119NO5. The molecular weight excluding hydrogens is 839 g/mol. The largest absolute Gasteiger partial charge is 0.394 e. The van der Waals surface area contributed by atoms with Gasteiger partial charge in [-0.15, -0.1) is 0 Å². The molecule has 0 spiro atoms. The van der Waals surface area contributed by atoms with Crippen LogP contribution in [0.15, 0.2) is 36.5 Å². The summed E-state index contributed by atoms with van der Waals surface area (Å²) in [5, 5.41) is 44.0. The second kappa shape index (κ2) is 56.4. The van der Waals surface area contributed by atoms with Gasteiger partial charge in [0.05, 0.1) is 18.8 Å². The maximum atomic E-state index is 12.6. The highest BCUT2D eigenvalue weighted by Crippen LogP contribution is 2.18. The Morgan fingerprint density at radius 3 is 0.926 bits per heavy atom. The summed E-state index contributed by atoms with van der Waals surface area (Å²) < 4.78 is 0. The van der Waals surface area contributed by atoms with Crippen LogP contribution in [0.2, 0.25) is 0 Å². The second-order valence-corrected chi connectivity index (χ2v) is 21.0. The van der Waals surface area contributed by atoms with Crippen LogP contribution in [0.5, 0.6) is 0 Å². The quantitative estimate of drug-likeness (QED) is 0.0308. The number of nitrogens with one attached hydrogen (secondary N) is 1. The molecule has 0 heterocycles. The molecule has 0 aliphatic carbocycles. The molecule has 4 unspecified atom stereocenters. The Balaban J connectivity index is 3.66. The lowest BCUT2D eigenvalue weighted by atomic mass is 10.00. The van der Waals surface area contributed by atoms with Crippen LogP contribution in [0.25, 0.3) is 0 Å². The summed E-state index contributed by atoms with van der Waals surface area (Å²) in [6, 6.07) is -1.01. The minimum atomic E-state index is -1.29. The van der Waals surface area contributed by atoms with E-state index in [0.29, 0.717) is 19.3 Å². The number of rotatable bonds is 56. The Kier molecular flexibility index (Phi) is 55.2. The fraction of sp³-hybridized carbons (Fsp3) is 0.887. The van der Waals surface area contributed by atoms with Crippen molar-refractivity contribution in [1.82, 2.24) is 5.32 Å². The van der Waals surface area contributed by atoms with Crippen molar-refractivity contribution in [3.8, 4) is 0 Å². The number of aliphatic hydroxyl groups is 4. The fourth-order valence-corrected chi connectivity index (χ4v) is 9.54. The van der Waals surface area contributed by atoms with E-state index in [4.69, 9.17) is 0 Å². The summed E-state index contributed by atoms with van der Waals surface area (Å²) >= 11 is 0. The fourth-order valence-electron chi connectivity index (χ4n) is 9.54. The molecule has 0 bridgehead atoms.